The highest BCUT2D eigenvalue weighted by molar-refractivity contribution is 5.80. The first-order chi connectivity index (χ1) is 20.4. The van der Waals surface area contributed by atoms with E-state index in [1.807, 2.05) is 19.9 Å². The molecule has 4 nitrogen and oxygen atoms in total. The molecule has 1 unspecified atom stereocenters. The van der Waals surface area contributed by atoms with Crippen LogP contribution < -0.4 is 0 Å². The minimum absolute atomic E-state index is 0.0940. The minimum atomic E-state index is -4.61. The second-order valence-corrected chi connectivity index (χ2v) is 11.5. The van der Waals surface area contributed by atoms with E-state index in [-0.39, 0.29) is 37.2 Å². The van der Waals surface area contributed by atoms with Crippen molar-refractivity contribution in [2.45, 2.75) is 84.4 Å². The average molecular weight is 596 g/mol. The van der Waals surface area contributed by atoms with Crippen molar-refractivity contribution in [2.75, 3.05) is 0 Å². The molecule has 0 saturated carbocycles. The molecule has 43 heavy (non-hydrogen) atoms. The number of carbonyl (C=O) groups excluding carboxylic acids is 1. The van der Waals surface area contributed by atoms with Gasteiger partial charge in [-0.2, -0.15) is 18.3 Å². The monoisotopic (exact) mass is 595 g/mol. The number of pyridine rings is 1. The molecule has 2 heterocycles. The Bertz CT molecular complexity index is 1610. The van der Waals surface area contributed by atoms with Crippen molar-refractivity contribution in [1.82, 2.24) is 14.8 Å². The molecule has 0 fully saturated rings. The molecular formula is C34H34F5N3O. The predicted molar refractivity (Wildman–Crippen MR) is 155 cm³/mol. The molecule has 2 aromatic carbocycles. The number of carbonyl (C=O) groups is 1. The van der Waals surface area contributed by atoms with Crippen LogP contribution in [-0.4, -0.2) is 20.5 Å². The van der Waals surface area contributed by atoms with Gasteiger partial charge < -0.3 is 0 Å². The number of aromatic nitrogens is 3. The molecule has 1 atom stereocenters. The van der Waals surface area contributed by atoms with E-state index >= 15 is 0 Å². The van der Waals surface area contributed by atoms with E-state index in [4.69, 9.17) is 0 Å². The van der Waals surface area contributed by atoms with E-state index in [0.29, 0.717) is 29.8 Å². The third kappa shape index (κ3) is 6.71. The summed E-state index contributed by atoms with van der Waals surface area (Å²) in [5, 5.41) is 3.85. The molecule has 1 aliphatic carbocycles. The molecule has 5 rings (SSSR count). The Hall–Kier alpha value is -3.88. The number of benzene rings is 2. The number of halogens is 5. The first-order valence-corrected chi connectivity index (χ1v) is 14.6. The Kier molecular flexibility index (Phi) is 8.81. The van der Waals surface area contributed by atoms with Gasteiger partial charge in [-0.05, 0) is 98.4 Å². The van der Waals surface area contributed by atoms with Crippen LogP contribution in [0.3, 0.4) is 0 Å². The van der Waals surface area contributed by atoms with E-state index in [9.17, 15) is 26.7 Å². The second-order valence-electron chi connectivity index (χ2n) is 11.5. The largest absolute Gasteiger partial charge is 0.435 e. The van der Waals surface area contributed by atoms with Crippen molar-refractivity contribution in [2.24, 2.45) is 0 Å². The van der Waals surface area contributed by atoms with Crippen LogP contribution in [0.15, 0.2) is 48.7 Å². The van der Waals surface area contributed by atoms with E-state index in [1.165, 1.54) is 22.4 Å². The topological polar surface area (TPSA) is 47.8 Å². The molecular weight excluding hydrogens is 561 g/mol. The number of rotatable bonds is 9. The maximum atomic E-state index is 14.2. The maximum absolute atomic E-state index is 14.2. The molecule has 226 valence electrons. The highest BCUT2D eigenvalue weighted by Gasteiger charge is 2.39. The summed E-state index contributed by atoms with van der Waals surface area (Å²) in [5.41, 5.74) is 5.70. The van der Waals surface area contributed by atoms with Gasteiger partial charge in [0.1, 0.15) is 11.6 Å². The lowest BCUT2D eigenvalue weighted by Crippen LogP contribution is -2.20. The zero-order valence-electron chi connectivity index (χ0n) is 24.5. The minimum Gasteiger partial charge on any atom is -0.298 e. The van der Waals surface area contributed by atoms with Gasteiger partial charge in [0, 0.05) is 41.4 Å². The summed E-state index contributed by atoms with van der Waals surface area (Å²) in [6.45, 7) is 5.79. The third-order valence-electron chi connectivity index (χ3n) is 8.23. The van der Waals surface area contributed by atoms with Crippen LogP contribution in [0.5, 0.6) is 0 Å². The summed E-state index contributed by atoms with van der Waals surface area (Å²) >= 11 is 0. The van der Waals surface area contributed by atoms with Gasteiger partial charge in [0.05, 0.1) is 12.2 Å². The van der Waals surface area contributed by atoms with Crippen LogP contribution in [0.25, 0.3) is 11.1 Å². The molecule has 4 aromatic rings. The normalized spacial score (nSPS) is 14.0. The van der Waals surface area contributed by atoms with E-state index in [1.54, 1.807) is 12.3 Å². The highest BCUT2D eigenvalue weighted by Crippen LogP contribution is 2.38. The number of ketones is 1. The number of hydrogen-bond donors (Lipinski definition) is 0. The fraction of sp³-hybridized carbons (Fsp3) is 0.382. The SMILES string of the molecule is CCc1cc(C)c(-c2cccnc2C(CC(=O)Cn2nc(C(F)(F)F)c3c2CCCC3)Cc2cc(F)cc(F)c2)c(C)c1. The first-order valence-electron chi connectivity index (χ1n) is 14.6. The summed E-state index contributed by atoms with van der Waals surface area (Å²) in [4.78, 5) is 18.3. The van der Waals surface area contributed by atoms with Crippen molar-refractivity contribution in [3.63, 3.8) is 0 Å². The Morgan fingerprint density at radius 3 is 2.30 bits per heavy atom. The first kappa shape index (κ1) is 30.6. The quantitative estimate of drug-likeness (QED) is 0.183. The Balaban J connectivity index is 1.54. The van der Waals surface area contributed by atoms with Crippen LogP contribution in [0.2, 0.25) is 0 Å². The van der Waals surface area contributed by atoms with Crippen LogP contribution in [0.4, 0.5) is 22.0 Å². The average Bonchev–Trinajstić information content (AvgIpc) is 3.31. The van der Waals surface area contributed by atoms with Crippen molar-refractivity contribution in [1.29, 1.82) is 0 Å². The van der Waals surface area contributed by atoms with Gasteiger partial charge in [0.15, 0.2) is 11.5 Å². The Labute approximate surface area is 248 Å². The van der Waals surface area contributed by atoms with Gasteiger partial charge in [-0.15, -0.1) is 0 Å². The molecule has 0 saturated heterocycles. The standard InChI is InChI=1S/C34H34F5N3O/c1-4-22-12-20(2)31(21(3)13-22)29-9-7-11-40-32(29)24(14-23-15-25(35)18-26(36)16-23)17-27(43)19-42-30-10-6-5-8-28(30)33(41-42)34(37,38)39/h7,9,11-13,15-16,18,24H,4-6,8,10,14,17,19H2,1-3H3. The third-order valence-corrected chi connectivity index (χ3v) is 8.23. The molecule has 2 aromatic heterocycles. The van der Waals surface area contributed by atoms with Crippen LogP contribution >= 0.6 is 0 Å². The van der Waals surface area contributed by atoms with Crippen molar-refractivity contribution >= 4 is 5.78 Å². The van der Waals surface area contributed by atoms with E-state index < -0.39 is 29.4 Å². The lowest BCUT2D eigenvalue weighted by molar-refractivity contribution is -0.142. The summed E-state index contributed by atoms with van der Waals surface area (Å²) in [6, 6.07) is 11.2. The molecule has 0 N–H and O–H groups in total. The fourth-order valence-corrected chi connectivity index (χ4v) is 6.45. The van der Waals surface area contributed by atoms with E-state index in [2.05, 4.69) is 29.1 Å². The summed E-state index contributed by atoms with van der Waals surface area (Å²) < 4.78 is 70.8. The zero-order valence-corrected chi connectivity index (χ0v) is 24.5. The summed E-state index contributed by atoms with van der Waals surface area (Å²) in [6.07, 6.45) is -0.0274. The van der Waals surface area contributed by atoms with Gasteiger partial charge in [-0.3, -0.25) is 14.5 Å². The Morgan fingerprint density at radius 2 is 1.65 bits per heavy atom. The maximum Gasteiger partial charge on any atom is 0.435 e. The molecule has 0 spiro atoms. The van der Waals surface area contributed by atoms with Crippen LogP contribution in [0, 0.1) is 25.5 Å². The number of nitrogens with zero attached hydrogens (tertiary/aromatic N) is 3. The second kappa shape index (κ2) is 12.4. The highest BCUT2D eigenvalue weighted by atomic mass is 19.4. The lowest BCUT2D eigenvalue weighted by atomic mass is 9.84. The van der Waals surface area contributed by atoms with Crippen LogP contribution in [-0.2, 0) is 43.2 Å². The van der Waals surface area contributed by atoms with Crippen LogP contribution in [0.1, 0.15) is 77.0 Å². The molecule has 0 aliphatic heterocycles. The van der Waals surface area contributed by atoms with Gasteiger partial charge >= 0.3 is 6.18 Å². The van der Waals surface area contributed by atoms with Gasteiger partial charge in [-0.1, -0.05) is 25.1 Å². The van der Waals surface area contributed by atoms with Crippen molar-refractivity contribution in [3.8, 4) is 11.1 Å². The number of aryl methyl sites for hydroxylation is 3. The number of alkyl halides is 3. The molecule has 0 amide bonds. The lowest BCUT2D eigenvalue weighted by Gasteiger charge is -2.22. The van der Waals surface area contributed by atoms with Gasteiger partial charge in [0.2, 0.25) is 0 Å². The molecule has 0 bridgehead atoms. The van der Waals surface area contributed by atoms with Gasteiger partial charge in [0.25, 0.3) is 0 Å². The predicted octanol–water partition coefficient (Wildman–Crippen LogP) is 8.29. The summed E-state index contributed by atoms with van der Waals surface area (Å²) in [7, 11) is 0. The van der Waals surface area contributed by atoms with Crippen molar-refractivity contribution < 1.29 is 26.7 Å². The zero-order chi connectivity index (χ0) is 30.9. The molecule has 1 aliphatic rings. The number of fused-ring (bicyclic) bond motifs is 1. The molecule has 0 radical (unpaired) electrons. The van der Waals surface area contributed by atoms with Gasteiger partial charge in [-0.25, -0.2) is 8.78 Å². The van der Waals surface area contributed by atoms with Crippen molar-refractivity contribution in [3.05, 3.63) is 105 Å². The Morgan fingerprint density at radius 1 is 0.977 bits per heavy atom. The fourth-order valence-electron chi connectivity index (χ4n) is 6.45. The van der Waals surface area contributed by atoms with E-state index in [0.717, 1.165) is 41.2 Å². The smallest absolute Gasteiger partial charge is 0.298 e. The summed E-state index contributed by atoms with van der Waals surface area (Å²) in [5.74, 6) is -2.39. The number of Topliss-reactive ketones (excluding diaryl/α,β-unsaturated/α-hetero) is 1. The number of hydrogen-bond acceptors (Lipinski definition) is 3. The molecule has 9 heteroatoms.